The van der Waals surface area contributed by atoms with E-state index in [1.165, 1.54) is 12.8 Å². The summed E-state index contributed by atoms with van der Waals surface area (Å²) in [7, 11) is 0. The fraction of sp³-hybridized carbons (Fsp3) is 0.667. The van der Waals surface area contributed by atoms with Gasteiger partial charge in [-0.2, -0.15) is 0 Å². The molecule has 2 amide bonds. The third kappa shape index (κ3) is 3.59. The second-order valence-electron chi connectivity index (χ2n) is 7.39. The molecule has 1 aromatic rings. The molecule has 5 heteroatoms. The van der Waals surface area contributed by atoms with Crippen LogP contribution in [-0.2, 0) is 4.79 Å². The maximum atomic E-state index is 12.7. The normalized spacial score (nSPS) is 22.6. The van der Waals surface area contributed by atoms with Crippen molar-refractivity contribution in [3.63, 3.8) is 0 Å². The van der Waals surface area contributed by atoms with Crippen molar-refractivity contribution in [1.29, 1.82) is 0 Å². The van der Waals surface area contributed by atoms with Crippen molar-refractivity contribution in [3.8, 4) is 0 Å². The zero-order valence-electron chi connectivity index (χ0n) is 14.3. The highest BCUT2D eigenvalue weighted by Gasteiger charge is 2.36. The zero-order chi connectivity index (χ0) is 16.6. The Bertz CT molecular complexity index is 589. The molecule has 1 aliphatic heterocycles. The minimum atomic E-state index is 0.00446. The van der Waals surface area contributed by atoms with E-state index < -0.39 is 0 Å². The molecular formula is C18H27N3O2. The van der Waals surface area contributed by atoms with Crippen molar-refractivity contribution in [2.75, 3.05) is 19.6 Å². The van der Waals surface area contributed by atoms with E-state index in [1.807, 2.05) is 24.1 Å². The number of aromatic nitrogens is 1. The highest BCUT2D eigenvalue weighted by atomic mass is 16.2. The molecule has 1 N–H and O–H groups in total. The first-order chi connectivity index (χ1) is 11.0. The molecule has 2 heterocycles. The average Bonchev–Trinajstić information content (AvgIpc) is 3.25. The van der Waals surface area contributed by atoms with Crippen LogP contribution in [0.15, 0.2) is 12.3 Å². The molecule has 2 fully saturated rings. The monoisotopic (exact) mass is 317 g/mol. The topological polar surface area (TPSA) is 56.4 Å². The molecule has 0 spiro atoms. The summed E-state index contributed by atoms with van der Waals surface area (Å²) in [5.41, 5.74) is 1.67. The minimum Gasteiger partial charge on any atom is -0.357 e. The van der Waals surface area contributed by atoms with Crippen molar-refractivity contribution in [2.45, 2.75) is 46.1 Å². The van der Waals surface area contributed by atoms with E-state index in [0.717, 1.165) is 12.1 Å². The average molecular weight is 317 g/mol. The Hall–Kier alpha value is -1.78. The number of aromatic amines is 1. The van der Waals surface area contributed by atoms with Gasteiger partial charge in [-0.3, -0.25) is 9.59 Å². The lowest BCUT2D eigenvalue weighted by molar-refractivity contribution is -0.133. The molecule has 1 atom stereocenters. The number of amides is 2. The number of rotatable bonds is 4. The Labute approximate surface area is 138 Å². The first kappa shape index (κ1) is 16.1. The molecule has 1 saturated heterocycles. The van der Waals surface area contributed by atoms with Crippen molar-refractivity contribution < 1.29 is 9.59 Å². The van der Waals surface area contributed by atoms with Crippen LogP contribution < -0.4 is 0 Å². The van der Waals surface area contributed by atoms with Crippen LogP contribution in [0.25, 0.3) is 0 Å². The second-order valence-corrected chi connectivity index (χ2v) is 7.39. The Morgan fingerprint density at radius 1 is 1.39 bits per heavy atom. The van der Waals surface area contributed by atoms with Gasteiger partial charge in [-0.15, -0.1) is 0 Å². The predicted octanol–water partition coefficient (Wildman–Crippen LogP) is 2.43. The summed E-state index contributed by atoms with van der Waals surface area (Å²) in [6.07, 6.45) is 4.74. The molecule has 5 nitrogen and oxygen atoms in total. The summed E-state index contributed by atoms with van der Waals surface area (Å²) < 4.78 is 0. The van der Waals surface area contributed by atoms with Gasteiger partial charge in [-0.1, -0.05) is 13.8 Å². The summed E-state index contributed by atoms with van der Waals surface area (Å²) in [5.74, 6) is 1.23. The molecule has 1 aromatic heterocycles. The van der Waals surface area contributed by atoms with E-state index >= 15 is 0 Å². The highest BCUT2D eigenvalue weighted by Crippen LogP contribution is 2.32. The number of nitrogens with zero attached hydrogens (tertiary/aromatic N) is 2. The number of aryl methyl sites for hydroxylation is 1. The fourth-order valence-corrected chi connectivity index (χ4v) is 3.34. The van der Waals surface area contributed by atoms with Gasteiger partial charge < -0.3 is 14.8 Å². The number of hydrogen-bond acceptors (Lipinski definition) is 2. The third-order valence-electron chi connectivity index (χ3n) is 4.99. The molecule has 2 aliphatic rings. The molecule has 1 saturated carbocycles. The lowest BCUT2D eigenvalue weighted by Gasteiger charge is -2.34. The van der Waals surface area contributed by atoms with Crippen LogP contribution in [-0.4, -0.2) is 52.3 Å². The molecule has 0 unspecified atom stereocenters. The Morgan fingerprint density at radius 3 is 2.70 bits per heavy atom. The number of carbonyl (C=O) groups is 2. The molecule has 126 valence electrons. The van der Waals surface area contributed by atoms with Crippen LogP contribution in [0.4, 0.5) is 0 Å². The fourth-order valence-electron chi connectivity index (χ4n) is 3.34. The van der Waals surface area contributed by atoms with Gasteiger partial charge in [0.1, 0.15) is 5.69 Å². The first-order valence-electron chi connectivity index (χ1n) is 8.69. The standard InChI is InChI=1S/C18H27N3O2/c1-12(2)16-11-20(18(23)15-8-13(3)9-19-15)7-6-17(22)21(16)10-14-4-5-14/h8-9,12,14,16,19H,4-7,10-11H2,1-3H3/t16-/m0/s1. The number of H-pyrrole nitrogens is 1. The second kappa shape index (κ2) is 6.38. The largest absolute Gasteiger partial charge is 0.357 e. The summed E-state index contributed by atoms with van der Waals surface area (Å²) in [5, 5.41) is 0. The third-order valence-corrected chi connectivity index (χ3v) is 4.99. The van der Waals surface area contributed by atoms with Gasteiger partial charge in [0, 0.05) is 32.3 Å². The lowest BCUT2D eigenvalue weighted by atomic mass is 10.0. The number of hydrogen-bond donors (Lipinski definition) is 1. The van der Waals surface area contributed by atoms with Crippen molar-refractivity contribution >= 4 is 11.8 Å². The quantitative estimate of drug-likeness (QED) is 0.927. The summed E-state index contributed by atoms with van der Waals surface area (Å²) in [6, 6.07) is 1.99. The SMILES string of the molecule is Cc1c[nH]c(C(=O)N2CCC(=O)N(CC3CC3)[C@H](C(C)C)C2)c1. The number of carbonyl (C=O) groups excluding carboxylic acids is 2. The first-order valence-corrected chi connectivity index (χ1v) is 8.69. The van der Waals surface area contributed by atoms with Crippen LogP contribution in [0.2, 0.25) is 0 Å². The van der Waals surface area contributed by atoms with Crippen LogP contribution in [0.1, 0.15) is 49.2 Å². The van der Waals surface area contributed by atoms with Gasteiger partial charge >= 0.3 is 0 Å². The Balaban J connectivity index is 1.78. The molecule has 1 aliphatic carbocycles. The van der Waals surface area contributed by atoms with Crippen LogP contribution >= 0.6 is 0 Å². The summed E-state index contributed by atoms with van der Waals surface area (Å²) in [6.45, 7) is 8.27. The zero-order valence-corrected chi connectivity index (χ0v) is 14.3. The van der Waals surface area contributed by atoms with Gasteiger partial charge in [0.2, 0.25) is 5.91 Å². The van der Waals surface area contributed by atoms with E-state index in [0.29, 0.717) is 37.0 Å². The lowest BCUT2D eigenvalue weighted by Crippen LogP contribution is -2.48. The van der Waals surface area contributed by atoms with Crippen LogP contribution in [0.5, 0.6) is 0 Å². The number of nitrogens with one attached hydrogen (secondary N) is 1. The molecule has 0 radical (unpaired) electrons. The molecular weight excluding hydrogens is 290 g/mol. The van der Waals surface area contributed by atoms with E-state index in [1.54, 1.807) is 0 Å². The van der Waals surface area contributed by atoms with Gasteiger partial charge in [0.05, 0.1) is 6.04 Å². The maximum absolute atomic E-state index is 12.7. The van der Waals surface area contributed by atoms with Crippen LogP contribution in [0.3, 0.4) is 0 Å². The predicted molar refractivity (Wildman–Crippen MR) is 89.1 cm³/mol. The van der Waals surface area contributed by atoms with Gasteiger partial charge in [0.25, 0.3) is 5.91 Å². The van der Waals surface area contributed by atoms with Crippen molar-refractivity contribution in [1.82, 2.24) is 14.8 Å². The van der Waals surface area contributed by atoms with Crippen LogP contribution in [0, 0.1) is 18.8 Å². The van der Waals surface area contributed by atoms with Crippen molar-refractivity contribution in [2.24, 2.45) is 11.8 Å². The molecule has 0 bridgehead atoms. The van der Waals surface area contributed by atoms with E-state index in [-0.39, 0.29) is 17.9 Å². The molecule has 0 aromatic carbocycles. The van der Waals surface area contributed by atoms with Gasteiger partial charge in [-0.05, 0) is 43.2 Å². The Morgan fingerprint density at radius 2 is 2.13 bits per heavy atom. The van der Waals surface area contributed by atoms with E-state index in [2.05, 4.69) is 23.7 Å². The smallest absolute Gasteiger partial charge is 0.270 e. The summed E-state index contributed by atoms with van der Waals surface area (Å²) >= 11 is 0. The van der Waals surface area contributed by atoms with Gasteiger partial charge in [0.15, 0.2) is 0 Å². The molecule has 3 rings (SSSR count). The maximum Gasteiger partial charge on any atom is 0.270 e. The Kier molecular flexibility index (Phi) is 4.46. The summed E-state index contributed by atoms with van der Waals surface area (Å²) in [4.78, 5) is 32.3. The molecule has 23 heavy (non-hydrogen) atoms. The van der Waals surface area contributed by atoms with Crippen molar-refractivity contribution in [3.05, 3.63) is 23.5 Å². The van der Waals surface area contributed by atoms with Gasteiger partial charge in [-0.25, -0.2) is 0 Å². The van der Waals surface area contributed by atoms with E-state index in [9.17, 15) is 9.59 Å². The highest BCUT2D eigenvalue weighted by molar-refractivity contribution is 5.93. The van der Waals surface area contributed by atoms with E-state index in [4.69, 9.17) is 0 Å². The minimum absolute atomic E-state index is 0.00446.